The fraction of sp³-hybridized carbons (Fsp3) is 0.263. The summed E-state index contributed by atoms with van der Waals surface area (Å²) in [5.41, 5.74) is 0.724. The predicted molar refractivity (Wildman–Crippen MR) is 97.9 cm³/mol. The lowest BCUT2D eigenvalue weighted by atomic mass is 10.1. The summed E-state index contributed by atoms with van der Waals surface area (Å²) in [6.07, 6.45) is 0. The highest BCUT2D eigenvalue weighted by atomic mass is 35.5. The van der Waals surface area contributed by atoms with Crippen LogP contribution in [0.15, 0.2) is 42.5 Å². The first-order valence-corrected chi connectivity index (χ1v) is 8.58. The second kappa shape index (κ2) is 7.66. The summed E-state index contributed by atoms with van der Waals surface area (Å²) >= 11 is 5.91. The van der Waals surface area contributed by atoms with Crippen molar-refractivity contribution in [3.8, 4) is 11.5 Å². The molecule has 0 radical (unpaired) electrons. The van der Waals surface area contributed by atoms with Crippen molar-refractivity contribution in [2.45, 2.75) is 0 Å². The third kappa shape index (κ3) is 3.75. The van der Waals surface area contributed by atoms with Gasteiger partial charge < -0.3 is 19.6 Å². The zero-order valence-corrected chi connectivity index (χ0v) is 15.1. The van der Waals surface area contributed by atoms with Gasteiger partial charge in [-0.05, 0) is 36.4 Å². The number of methoxy groups -OCH3 is 1. The van der Waals surface area contributed by atoms with E-state index in [2.05, 4.69) is 0 Å². The van der Waals surface area contributed by atoms with Gasteiger partial charge in [-0.2, -0.15) is 0 Å². The maximum atomic E-state index is 12.6. The number of hydrogen-bond donors (Lipinski definition) is 1. The Labute approximate surface area is 156 Å². The largest absolute Gasteiger partial charge is 0.507 e. The van der Waals surface area contributed by atoms with Gasteiger partial charge >= 0.3 is 0 Å². The minimum absolute atomic E-state index is 0.0957. The maximum absolute atomic E-state index is 12.6. The summed E-state index contributed by atoms with van der Waals surface area (Å²) in [4.78, 5) is 28.5. The van der Waals surface area contributed by atoms with Gasteiger partial charge in [-0.1, -0.05) is 17.7 Å². The Morgan fingerprint density at radius 3 is 2.31 bits per heavy atom. The van der Waals surface area contributed by atoms with E-state index in [4.69, 9.17) is 16.3 Å². The van der Waals surface area contributed by atoms with Crippen molar-refractivity contribution in [3.63, 3.8) is 0 Å². The molecule has 1 aliphatic heterocycles. The molecule has 0 saturated carbocycles. The third-order valence-corrected chi connectivity index (χ3v) is 4.59. The molecule has 1 aliphatic rings. The molecule has 1 fully saturated rings. The van der Waals surface area contributed by atoms with E-state index in [1.165, 1.54) is 18.2 Å². The Morgan fingerprint density at radius 2 is 1.65 bits per heavy atom. The van der Waals surface area contributed by atoms with E-state index in [1.54, 1.807) is 41.2 Å². The topological polar surface area (TPSA) is 70.1 Å². The summed E-state index contributed by atoms with van der Waals surface area (Å²) < 4.78 is 5.15. The van der Waals surface area contributed by atoms with Crippen molar-refractivity contribution >= 4 is 23.4 Å². The molecule has 1 saturated heterocycles. The number of piperazine rings is 1. The van der Waals surface area contributed by atoms with Crippen molar-refractivity contribution in [2.24, 2.45) is 0 Å². The number of aromatic hydroxyl groups is 1. The van der Waals surface area contributed by atoms with E-state index in [-0.39, 0.29) is 23.1 Å². The normalized spacial score (nSPS) is 14.2. The van der Waals surface area contributed by atoms with Gasteiger partial charge in [0.1, 0.15) is 11.5 Å². The molecule has 2 amide bonds. The fourth-order valence-corrected chi connectivity index (χ4v) is 3.07. The smallest absolute Gasteiger partial charge is 0.257 e. The molecule has 2 aromatic rings. The molecule has 7 heteroatoms. The first-order chi connectivity index (χ1) is 12.5. The van der Waals surface area contributed by atoms with E-state index in [1.807, 2.05) is 0 Å². The first kappa shape index (κ1) is 18.1. The molecule has 0 atom stereocenters. The second-order valence-electron chi connectivity index (χ2n) is 5.98. The molecule has 2 aromatic carbocycles. The van der Waals surface area contributed by atoms with Crippen molar-refractivity contribution in [3.05, 3.63) is 58.6 Å². The van der Waals surface area contributed by atoms with Crippen LogP contribution < -0.4 is 4.74 Å². The lowest BCUT2D eigenvalue weighted by molar-refractivity contribution is 0.0533. The number of amides is 2. The number of halogens is 1. The van der Waals surface area contributed by atoms with Crippen molar-refractivity contribution in [1.29, 1.82) is 0 Å². The van der Waals surface area contributed by atoms with Crippen LogP contribution in [-0.4, -0.2) is 60.0 Å². The molecule has 0 bridgehead atoms. The number of phenols is 1. The number of hydrogen-bond acceptors (Lipinski definition) is 4. The zero-order chi connectivity index (χ0) is 18.7. The van der Waals surface area contributed by atoms with Crippen LogP contribution in [0.25, 0.3) is 0 Å². The molecule has 3 rings (SSSR count). The Hall–Kier alpha value is -2.73. The van der Waals surface area contributed by atoms with Crippen molar-refractivity contribution in [2.75, 3.05) is 33.3 Å². The standard InChI is InChI=1S/C19H19ClN2O4/c1-26-15-4-2-3-13(11-15)18(24)21-7-9-22(10-8-21)19(25)16-12-14(20)5-6-17(16)23/h2-6,11-12,23H,7-10H2,1H3. The number of nitrogens with zero attached hydrogens (tertiary/aromatic N) is 2. The summed E-state index contributed by atoms with van der Waals surface area (Å²) in [6, 6.07) is 11.4. The predicted octanol–water partition coefficient (Wildman–Crippen LogP) is 2.65. The fourth-order valence-electron chi connectivity index (χ4n) is 2.90. The maximum Gasteiger partial charge on any atom is 0.257 e. The number of rotatable bonds is 3. The van der Waals surface area contributed by atoms with E-state index < -0.39 is 0 Å². The van der Waals surface area contributed by atoms with Crippen LogP contribution in [0.1, 0.15) is 20.7 Å². The highest BCUT2D eigenvalue weighted by Crippen LogP contribution is 2.24. The quantitative estimate of drug-likeness (QED) is 0.896. The van der Waals surface area contributed by atoms with Gasteiger partial charge in [-0.3, -0.25) is 9.59 Å². The highest BCUT2D eigenvalue weighted by Gasteiger charge is 2.27. The Kier molecular flexibility index (Phi) is 5.32. The molecule has 6 nitrogen and oxygen atoms in total. The van der Waals surface area contributed by atoms with Gasteiger partial charge in [0.05, 0.1) is 12.7 Å². The Bertz CT molecular complexity index is 832. The molecule has 1 N–H and O–H groups in total. The molecular formula is C19H19ClN2O4. The van der Waals surface area contributed by atoms with Gasteiger partial charge in [0.25, 0.3) is 11.8 Å². The third-order valence-electron chi connectivity index (χ3n) is 4.36. The van der Waals surface area contributed by atoms with E-state index in [0.29, 0.717) is 42.5 Å². The Balaban J connectivity index is 1.66. The van der Waals surface area contributed by atoms with Gasteiger partial charge in [-0.25, -0.2) is 0 Å². The summed E-state index contributed by atoms with van der Waals surface area (Å²) in [5, 5.41) is 10.3. The minimum atomic E-state index is -0.293. The molecule has 0 unspecified atom stereocenters. The van der Waals surface area contributed by atoms with Gasteiger partial charge in [0, 0.05) is 36.8 Å². The molecular weight excluding hydrogens is 356 g/mol. The number of benzene rings is 2. The monoisotopic (exact) mass is 374 g/mol. The van der Waals surface area contributed by atoms with Crippen LogP contribution >= 0.6 is 11.6 Å². The van der Waals surface area contributed by atoms with Crippen LogP contribution in [0.5, 0.6) is 11.5 Å². The molecule has 136 valence electrons. The van der Waals surface area contributed by atoms with Crippen molar-refractivity contribution < 1.29 is 19.4 Å². The summed E-state index contributed by atoms with van der Waals surface area (Å²) in [7, 11) is 1.55. The van der Waals surface area contributed by atoms with Crippen LogP contribution in [0, 0.1) is 0 Å². The average Bonchev–Trinajstić information content (AvgIpc) is 2.69. The van der Waals surface area contributed by atoms with Crippen molar-refractivity contribution in [1.82, 2.24) is 9.80 Å². The summed E-state index contributed by atoms with van der Waals surface area (Å²) in [6.45, 7) is 1.62. The number of phenolic OH excluding ortho intramolecular Hbond substituents is 1. The molecule has 26 heavy (non-hydrogen) atoms. The second-order valence-corrected chi connectivity index (χ2v) is 6.41. The van der Waals surface area contributed by atoms with Gasteiger partial charge in [-0.15, -0.1) is 0 Å². The molecule has 0 aromatic heterocycles. The Morgan fingerprint density at radius 1 is 1.00 bits per heavy atom. The van der Waals surface area contributed by atoms with E-state index >= 15 is 0 Å². The SMILES string of the molecule is COc1cccc(C(=O)N2CCN(C(=O)c3cc(Cl)ccc3O)CC2)c1. The van der Waals surface area contributed by atoms with Crippen LogP contribution in [-0.2, 0) is 0 Å². The molecule has 0 aliphatic carbocycles. The van der Waals surface area contributed by atoms with Crippen LogP contribution in [0.3, 0.4) is 0 Å². The summed E-state index contributed by atoms with van der Waals surface area (Å²) in [5.74, 6) is 0.135. The zero-order valence-electron chi connectivity index (χ0n) is 14.3. The van der Waals surface area contributed by atoms with E-state index in [0.717, 1.165) is 0 Å². The minimum Gasteiger partial charge on any atom is -0.507 e. The number of ether oxygens (including phenoxy) is 1. The lowest BCUT2D eigenvalue weighted by Gasteiger charge is -2.35. The molecule has 1 heterocycles. The van der Waals surface area contributed by atoms with Crippen LogP contribution in [0.2, 0.25) is 5.02 Å². The molecule has 0 spiro atoms. The average molecular weight is 375 g/mol. The number of carbonyl (C=O) groups is 2. The number of carbonyl (C=O) groups excluding carboxylic acids is 2. The van der Waals surface area contributed by atoms with E-state index in [9.17, 15) is 14.7 Å². The van der Waals surface area contributed by atoms with Gasteiger partial charge in [0.15, 0.2) is 0 Å². The highest BCUT2D eigenvalue weighted by molar-refractivity contribution is 6.31. The lowest BCUT2D eigenvalue weighted by Crippen LogP contribution is -2.50. The first-order valence-electron chi connectivity index (χ1n) is 8.20. The van der Waals surface area contributed by atoms with Gasteiger partial charge in [0.2, 0.25) is 0 Å². The van der Waals surface area contributed by atoms with Crippen LogP contribution in [0.4, 0.5) is 0 Å².